The number of hydrogen-bond acceptors (Lipinski definition) is 4. The maximum Gasteiger partial charge on any atom is 0.251 e. The van der Waals surface area contributed by atoms with Gasteiger partial charge in [-0.05, 0) is 31.0 Å². The number of amides is 1. The highest BCUT2D eigenvalue weighted by molar-refractivity contribution is 5.97. The summed E-state index contributed by atoms with van der Waals surface area (Å²) >= 11 is 0. The maximum atomic E-state index is 12.4. The number of rotatable bonds is 4. The molecule has 6 nitrogen and oxygen atoms in total. The molecule has 6 heteroatoms. The van der Waals surface area contributed by atoms with E-state index in [9.17, 15) is 4.79 Å². The summed E-state index contributed by atoms with van der Waals surface area (Å²) in [6.45, 7) is 1.39. The number of ether oxygens (including phenoxy) is 1. The molecule has 4 rings (SSSR count). The zero-order valence-corrected chi connectivity index (χ0v) is 12.2. The standard InChI is InChI=1S/C16H19N3O3/c20-5-4-19-9-17-13-7-10(1-2-14(13)19)16(21)18-12-8-15-11(12)3-6-22-15/h1-2,7,9,11-12,15,20H,3-6,8H2,(H,18,21)/t11-,12+,15+/m1/s1. The Morgan fingerprint density at radius 3 is 3.23 bits per heavy atom. The smallest absolute Gasteiger partial charge is 0.251 e. The molecule has 1 amide bonds. The fourth-order valence-corrected chi connectivity index (χ4v) is 3.51. The van der Waals surface area contributed by atoms with Crippen LogP contribution in [0.2, 0.25) is 0 Å². The van der Waals surface area contributed by atoms with Gasteiger partial charge in [-0.3, -0.25) is 4.79 Å². The first kappa shape index (κ1) is 13.7. The van der Waals surface area contributed by atoms with E-state index in [1.807, 2.05) is 16.7 Å². The summed E-state index contributed by atoms with van der Waals surface area (Å²) in [6, 6.07) is 5.74. The van der Waals surface area contributed by atoms with Crippen molar-refractivity contribution in [3.05, 3.63) is 30.1 Å². The number of nitrogens with zero attached hydrogens (tertiary/aromatic N) is 2. The first-order chi connectivity index (χ1) is 10.8. The van der Waals surface area contributed by atoms with Gasteiger partial charge in [-0.2, -0.15) is 0 Å². The van der Waals surface area contributed by atoms with E-state index in [2.05, 4.69) is 10.3 Å². The van der Waals surface area contributed by atoms with Gasteiger partial charge in [-0.1, -0.05) is 0 Å². The molecule has 3 atom stereocenters. The zero-order valence-electron chi connectivity index (χ0n) is 12.2. The summed E-state index contributed by atoms with van der Waals surface area (Å²) in [5.74, 6) is 0.436. The molecule has 2 N–H and O–H groups in total. The van der Waals surface area contributed by atoms with E-state index in [1.165, 1.54) is 0 Å². The molecule has 116 valence electrons. The van der Waals surface area contributed by atoms with Crippen LogP contribution in [-0.2, 0) is 11.3 Å². The van der Waals surface area contributed by atoms with Crippen molar-refractivity contribution in [3.63, 3.8) is 0 Å². The van der Waals surface area contributed by atoms with Crippen molar-refractivity contribution in [2.24, 2.45) is 5.92 Å². The van der Waals surface area contributed by atoms with Crippen molar-refractivity contribution in [1.82, 2.24) is 14.9 Å². The molecule has 2 fully saturated rings. The molecule has 1 aromatic heterocycles. The van der Waals surface area contributed by atoms with Gasteiger partial charge < -0.3 is 19.7 Å². The quantitative estimate of drug-likeness (QED) is 0.881. The lowest BCUT2D eigenvalue weighted by atomic mass is 9.76. The molecule has 2 aliphatic rings. The van der Waals surface area contributed by atoms with Crippen LogP contribution in [0.3, 0.4) is 0 Å². The second-order valence-electron chi connectivity index (χ2n) is 6.04. The Morgan fingerprint density at radius 1 is 1.50 bits per heavy atom. The molecule has 22 heavy (non-hydrogen) atoms. The van der Waals surface area contributed by atoms with Crippen LogP contribution in [0.25, 0.3) is 11.0 Å². The molecule has 1 aromatic carbocycles. The first-order valence-corrected chi connectivity index (χ1v) is 7.74. The fraction of sp³-hybridized carbons (Fsp3) is 0.500. The molecule has 0 spiro atoms. The third-order valence-corrected chi connectivity index (χ3v) is 4.80. The van der Waals surface area contributed by atoms with Gasteiger partial charge in [-0.15, -0.1) is 0 Å². The highest BCUT2D eigenvalue weighted by Crippen LogP contribution is 2.38. The van der Waals surface area contributed by atoms with Gasteiger partial charge in [0, 0.05) is 30.7 Å². The van der Waals surface area contributed by atoms with Crippen molar-refractivity contribution < 1.29 is 14.6 Å². The van der Waals surface area contributed by atoms with Crippen LogP contribution in [0.1, 0.15) is 23.2 Å². The fourth-order valence-electron chi connectivity index (χ4n) is 3.51. The molecular weight excluding hydrogens is 282 g/mol. The number of benzene rings is 1. The predicted octanol–water partition coefficient (Wildman–Crippen LogP) is 0.936. The molecule has 0 radical (unpaired) electrons. The summed E-state index contributed by atoms with van der Waals surface area (Å²) in [5, 5.41) is 12.1. The summed E-state index contributed by atoms with van der Waals surface area (Å²) in [7, 11) is 0. The number of fused-ring (bicyclic) bond motifs is 2. The minimum absolute atomic E-state index is 0.0473. The maximum absolute atomic E-state index is 12.4. The number of carbonyl (C=O) groups is 1. The normalized spacial score (nSPS) is 26.7. The van der Waals surface area contributed by atoms with Gasteiger partial charge in [0.2, 0.25) is 0 Å². The molecule has 0 unspecified atom stereocenters. The number of carbonyl (C=O) groups excluding carboxylic acids is 1. The predicted molar refractivity (Wildman–Crippen MR) is 80.5 cm³/mol. The van der Waals surface area contributed by atoms with Crippen LogP contribution >= 0.6 is 0 Å². The minimum Gasteiger partial charge on any atom is -0.395 e. The van der Waals surface area contributed by atoms with Gasteiger partial charge in [-0.25, -0.2) is 4.98 Å². The molecule has 1 aliphatic heterocycles. The Bertz CT molecular complexity index is 712. The second-order valence-corrected chi connectivity index (χ2v) is 6.04. The molecule has 1 saturated heterocycles. The van der Waals surface area contributed by atoms with Gasteiger partial charge in [0.15, 0.2) is 0 Å². The van der Waals surface area contributed by atoms with Gasteiger partial charge in [0.1, 0.15) is 0 Å². The third kappa shape index (κ3) is 2.19. The van der Waals surface area contributed by atoms with E-state index in [4.69, 9.17) is 9.84 Å². The molecule has 1 saturated carbocycles. The minimum atomic E-state index is -0.0473. The first-order valence-electron chi connectivity index (χ1n) is 7.74. The number of aliphatic hydroxyl groups is 1. The summed E-state index contributed by atoms with van der Waals surface area (Å²) < 4.78 is 7.45. The van der Waals surface area contributed by atoms with Crippen molar-refractivity contribution >= 4 is 16.9 Å². The van der Waals surface area contributed by atoms with Crippen molar-refractivity contribution in [1.29, 1.82) is 0 Å². The zero-order chi connectivity index (χ0) is 15.1. The topological polar surface area (TPSA) is 76.4 Å². The summed E-state index contributed by atoms with van der Waals surface area (Å²) in [4.78, 5) is 16.7. The lowest BCUT2D eigenvalue weighted by molar-refractivity contribution is 0.00810. The molecule has 2 aromatic rings. The second kappa shape index (κ2) is 5.37. The van der Waals surface area contributed by atoms with Crippen LogP contribution in [-0.4, -0.2) is 45.9 Å². The van der Waals surface area contributed by atoms with E-state index >= 15 is 0 Å². The van der Waals surface area contributed by atoms with Crippen molar-refractivity contribution in [3.8, 4) is 0 Å². The Hall–Kier alpha value is -1.92. The Balaban J connectivity index is 1.49. The number of hydrogen-bond donors (Lipinski definition) is 2. The Kier molecular flexibility index (Phi) is 3.35. The molecule has 0 bridgehead atoms. The highest BCUT2D eigenvalue weighted by Gasteiger charge is 2.45. The highest BCUT2D eigenvalue weighted by atomic mass is 16.5. The van der Waals surface area contributed by atoms with Crippen molar-refractivity contribution in [2.75, 3.05) is 13.2 Å². The lowest BCUT2D eigenvalue weighted by Crippen LogP contribution is -2.53. The largest absolute Gasteiger partial charge is 0.395 e. The molecule has 2 heterocycles. The number of aromatic nitrogens is 2. The Morgan fingerprint density at radius 2 is 2.41 bits per heavy atom. The van der Waals surface area contributed by atoms with Gasteiger partial charge in [0.05, 0.1) is 30.1 Å². The SMILES string of the molecule is O=C(N[C@H]1C[C@@H]2OCC[C@H]12)c1ccc2c(c1)ncn2CCO. The van der Waals surface area contributed by atoms with Crippen LogP contribution in [0.4, 0.5) is 0 Å². The number of nitrogens with one attached hydrogen (secondary N) is 1. The van der Waals surface area contributed by atoms with Crippen LogP contribution < -0.4 is 5.32 Å². The Labute approximate surface area is 128 Å². The van der Waals surface area contributed by atoms with E-state index in [0.717, 1.165) is 30.5 Å². The van der Waals surface area contributed by atoms with E-state index in [0.29, 0.717) is 24.1 Å². The van der Waals surface area contributed by atoms with Crippen LogP contribution in [0.15, 0.2) is 24.5 Å². The number of aliphatic hydroxyl groups excluding tert-OH is 1. The van der Waals surface area contributed by atoms with Crippen LogP contribution in [0, 0.1) is 5.92 Å². The van der Waals surface area contributed by atoms with Gasteiger partial charge in [0.25, 0.3) is 5.91 Å². The van der Waals surface area contributed by atoms with Crippen molar-refractivity contribution in [2.45, 2.75) is 31.5 Å². The van der Waals surface area contributed by atoms with E-state index < -0.39 is 0 Å². The molecule has 1 aliphatic carbocycles. The van der Waals surface area contributed by atoms with E-state index in [-0.39, 0.29) is 18.6 Å². The monoisotopic (exact) mass is 301 g/mol. The lowest BCUT2D eigenvalue weighted by Gasteiger charge is -2.39. The average molecular weight is 301 g/mol. The third-order valence-electron chi connectivity index (χ3n) is 4.80. The van der Waals surface area contributed by atoms with Gasteiger partial charge >= 0.3 is 0 Å². The summed E-state index contributed by atoms with van der Waals surface area (Å²) in [5.41, 5.74) is 2.33. The average Bonchev–Trinajstić information content (AvgIpc) is 3.08. The number of imidazole rings is 1. The summed E-state index contributed by atoms with van der Waals surface area (Å²) in [6.07, 6.45) is 4.00. The van der Waals surface area contributed by atoms with E-state index in [1.54, 1.807) is 12.4 Å². The van der Waals surface area contributed by atoms with Crippen LogP contribution in [0.5, 0.6) is 0 Å². The molecular formula is C16H19N3O3.